The average Bonchev–Trinajstić information content (AvgIpc) is 2.92. The summed E-state index contributed by atoms with van der Waals surface area (Å²) in [5, 5.41) is 3.43. The molecule has 2 aliphatic rings. The molecule has 2 unspecified atom stereocenters. The maximum atomic E-state index is 14.3. The van der Waals surface area contributed by atoms with Gasteiger partial charge in [-0.1, -0.05) is 11.6 Å². The van der Waals surface area contributed by atoms with Crippen LogP contribution in [0, 0.1) is 11.6 Å². The van der Waals surface area contributed by atoms with E-state index in [9.17, 15) is 8.78 Å². The predicted octanol–water partition coefficient (Wildman–Crippen LogP) is 4.85. The molecule has 2 aromatic carbocycles. The molecule has 1 fully saturated rings. The van der Waals surface area contributed by atoms with Gasteiger partial charge in [0.25, 0.3) is 0 Å². The van der Waals surface area contributed by atoms with Gasteiger partial charge in [-0.2, -0.15) is 0 Å². The van der Waals surface area contributed by atoms with Gasteiger partial charge in [0.2, 0.25) is 0 Å². The number of rotatable bonds is 2. The number of piperidine rings is 1. The second-order valence-electron chi connectivity index (χ2n) is 6.10. The molecule has 6 heteroatoms. The Morgan fingerprint density at radius 1 is 1.21 bits per heavy atom. The third-order valence-corrected chi connectivity index (χ3v) is 5.65. The zero-order chi connectivity index (χ0) is 16.8. The van der Waals surface area contributed by atoms with Crippen molar-refractivity contribution >= 4 is 23.4 Å². The first-order valence-electron chi connectivity index (χ1n) is 7.82. The van der Waals surface area contributed by atoms with Crippen molar-refractivity contribution in [2.75, 3.05) is 19.3 Å². The molecule has 0 radical (unpaired) electrons. The molecule has 0 spiro atoms. The van der Waals surface area contributed by atoms with Crippen LogP contribution in [0.3, 0.4) is 0 Å². The van der Waals surface area contributed by atoms with Gasteiger partial charge in [0.1, 0.15) is 23.5 Å². The van der Waals surface area contributed by atoms with E-state index in [0.717, 1.165) is 47.9 Å². The Morgan fingerprint density at radius 2 is 1.96 bits per heavy atom. The van der Waals surface area contributed by atoms with Crippen LogP contribution in [0.1, 0.15) is 17.9 Å². The first kappa shape index (κ1) is 16.2. The minimum atomic E-state index is -0.649. The Kier molecular flexibility index (Phi) is 4.19. The van der Waals surface area contributed by atoms with Crippen molar-refractivity contribution in [2.24, 2.45) is 0 Å². The van der Waals surface area contributed by atoms with Crippen molar-refractivity contribution in [2.45, 2.75) is 23.3 Å². The van der Waals surface area contributed by atoms with E-state index in [2.05, 4.69) is 5.32 Å². The Bertz CT molecular complexity index is 791. The van der Waals surface area contributed by atoms with E-state index in [1.165, 1.54) is 11.8 Å². The van der Waals surface area contributed by atoms with E-state index in [0.29, 0.717) is 5.56 Å². The molecule has 4 rings (SSSR count). The van der Waals surface area contributed by atoms with Crippen LogP contribution in [-0.4, -0.2) is 25.4 Å². The SMILES string of the molecule is CSc1cc(-c2c(F)cc(Cl)cc2F)cc2c1OC1CCNCC21. The Labute approximate surface area is 148 Å². The van der Waals surface area contributed by atoms with Crippen LogP contribution in [0.15, 0.2) is 29.2 Å². The lowest BCUT2D eigenvalue weighted by Gasteiger charge is -2.24. The van der Waals surface area contributed by atoms with Crippen molar-refractivity contribution in [3.8, 4) is 16.9 Å². The standard InChI is InChI=1S/C18H16ClF2NOS/c1-24-16-5-9(17-13(20)6-10(19)7-14(17)21)4-11-12-8-22-3-2-15(12)23-18(11)16/h4-7,12,15,22H,2-3,8H2,1H3. The molecule has 24 heavy (non-hydrogen) atoms. The Morgan fingerprint density at radius 3 is 2.67 bits per heavy atom. The number of thioether (sulfide) groups is 1. The molecule has 126 valence electrons. The van der Waals surface area contributed by atoms with Crippen LogP contribution in [0.5, 0.6) is 5.75 Å². The quantitative estimate of drug-likeness (QED) is 0.767. The molecule has 2 aliphatic heterocycles. The highest BCUT2D eigenvalue weighted by Crippen LogP contribution is 2.48. The maximum absolute atomic E-state index is 14.3. The minimum Gasteiger partial charge on any atom is -0.488 e. The highest BCUT2D eigenvalue weighted by Gasteiger charge is 2.38. The number of hydrogen-bond donors (Lipinski definition) is 1. The topological polar surface area (TPSA) is 21.3 Å². The third-order valence-electron chi connectivity index (χ3n) is 4.69. The van der Waals surface area contributed by atoms with Crippen molar-refractivity contribution in [3.05, 3.63) is 46.5 Å². The fourth-order valence-electron chi connectivity index (χ4n) is 3.58. The van der Waals surface area contributed by atoms with Crippen LogP contribution < -0.4 is 10.1 Å². The van der Waals surface area contributed by atoms with E-state index in [1.807, 2.05) is 12.3 Å². The second kappa shape index (κ2) is 6.21. The lowest BCUT2D eigenvalue weighted by Crippen LogP contribution is -2.37. The zero-order valence-electron chi connectivity index (χ0n) is 13.0. The van der Waals surface area contributed by atoms with E-state index >= 15 is 0 Å². The molecule has 0 aliphatic carbocycles. The molecular formula is C18H16ClF2NOS. The summed E-state index contributed by atoms with van der Waals surface area (Å²) in [6, 6.07) is 5.95. The van der Waals surface area contributed by atoms with Crippen molar-refractivity contribution in [1.82, 2.24) is 5.32 Å². The zero-order valence-corrected chi connectivity index (χ0v) is 14.6. The highest BCUT2D eigenvalue weighted by atomic mass is 35.5. The first-order valence-corrected chi connectivity index (χ1v) is 9.43. The molecule has 0 bridgehead atoms. The summed E-state index contributed by atoms with van der Waals surface area (Å²) in [6.07, 6.45) is 3.02. The van der Waals surface area contributed by atoms with Gasteiger partial charge >= 0.3 is 0 Å². The number of hydrogen-bond acceptors (Lipinski definition) is 3. The van der Waals surface area contributed by atoms with Crippen molar-refractivity contribution < 1.29 is 13.5 Å². The normalized spacial score (nSPS) is 22.0. The molecule has 0 amide bonds. The molecule has 0 saturated carbocycles. The van der Waals surface area contributed by atoms with E-state index in [4.69, 9.17) is 16.3 Å². The Hall–Kier alpha value is -1.30. The third kappa shape index (κ3) is 2.59. The smallest absolute Gasteiger partial charge is 0.136 e. The van der Waals surface area contributed by atoms with E-state index in [1.54, 1.807) is 6.07 Å². The molecule has 1 saturated heterocycles. The maximum Gasteiger partial charge on any atom is 0.136 e. The fraction of sp³-hybridized carbons (Fsp3) is 0.333. The lowest BCUT2D eigenvalue weighted by molar-refractivity contribution is 0.169. The minimum absolute atomic E-state index is 0.0373. The molecule has 2 nitrogen and oxygen atoms in total. The van der Waals surface area contributed by atoms with Crippen LogP contribution in [-0.2, 0) is 0 Å². The summed E-state index contributed by atoms with van der Waals surface area (Å²) in [6.45, 7) is 1.75. The second-order valence-corrected chi connectivity index (χ2v) is 7.38. The first-order chi connectivity index (χ1) is 11.6. The largest absolute Gasteiger partial charge is 0.488 e. The van der Waals surface area contributed by atoms with Gasteiger partial charge in [-0.3, -0.25) is 0 Å². The summed E-state index contributed by atoms with van der Waals surface area (Å²) in [7, 11) is 0. The Balaban J connectivity index is 1.88. The van der Waals surface area contributed by atoms with Crippen LogP contribution in [0.2, 0.25) is 5.02 Å². The van der Waals surface area contributed by atoms with Gasteiger partial charge in [-0.25, -0.2) is 8.78 Å². The van der Waals surface area contributed by atoms with Crippen LogP contribution in [0.25, 0.3) is 11.1 Å². The fourth-order valence-corrected chi connectivity index (χ4v) is 4.36. The van der Waals surface area contributed by atoms with Gasteiger partial charge in [0, 0.05) is 23.0 Å². The van der Waals surface area contributed by atoms with Crippen molar-refractivity contribution in [1.29, 1.82) is 0 Å². The van der Waals surface area contributed by atoms with Gasteiger partial charge in [-0.05, 0) is 49.1 Å². The molecule has 2 aromatic rings. The van der Waals surface area contributed by atoms with Crippen LogP contribution in [0.4, 0.5) is 8.78 Å². The van der Waals surface area contributed by atoms with Gasteiger partial charge in [-0.15, -0.1) is 11.8 Å². The summed E-state index contributed by atoms with van der Waals surface area (Å²) < 4.78 is 34.8. The molecule has 2 atom stereocenters. The van der Waals surface area contributed by atoms with E-state index < -0.39 is 11.6 Å². The van der Waals surface area contributed by atoms with Crippen molar-refractivity contribution in [3.63, 3.8) is 0 Å². The number of benzene rings is 2. The molecule has 0 aromatic heterocycles. The van der Waals surface area contributed by atoms with Gasteiger partial charge < -0.3 is 10.1 Å². The van der Waals surface area contributed by atoms with Gasteiger partial charge in [0.15, 0.2) is 0 Å². The number of fused-ring (bicyclic) bond motifs is 3. The van der Waals surface area contributed by atoms with E-state index in [-0.39, 0.29) is 22.6 Å². The summed E-state index contributed by atoms with van der Waals surface area (Å²) in [5.74, 6) is -0.216. The number of halogens is 3. The van der Waals surface area contributed by atoms with Crippen LogP contribution >= 0.6 is 23.4 Å². The monoisotopic (exact) mass is 367 g/mol. The summed E-state index contributed by atoms with van der Waals surface area (Å²) in [4.78, 5) is 0.908. The molecule has 2 heterocycles. The average molecular weight is 368 g/mol. The molecule has 1 N–H and O–H groups in total. The number of ether oxygens (including phenoxy) is 1. The van der Waals surface area contributed by atoms with Gasteiger partial charge in [0.05, 0.1) is 10.5 Å². The molecular weight excluding hydrogens is 352 g/mol. The lowest BCUT2D eigenvalue weighted by atomic mass is 9.89. The summed E-state index contributed by atoms with van der Waals surface area (Å²) >= 11 is 7.27. The predicted molar refractivity (Wildman–Crippen MR) is 93.2 cm³/mol. The number of nitrogens with one attached hydrogen (secondary N) is 1. The summed E-state index contributed by atoms with van der Waals surface area (Å²) in [5.41, 5.74) is 1.52. The highest BCUT2D eigenvalue weighted by molar-refractivity contribution is 7.98.